The average Bonchev–Trinajstić information content (AvgIpc) is 3.17. The summed E-state index contributed by atoms with van der Waals surface area (Å²) in [5.41, 5.74) is 3.26. The lowest BCUT2D eigenvalue weighted by Crippen LogP contribution is -2.14. The summed E-state index contributed by atoms with van der Waals surface area (Å²) in [6.07, 6.45) is 2.54. The Morgan fingerprint density at radius 3 is 2.65 bits per heavy atom. The molecule has 3 aromatic rings. The molecular formula is C18H18ClN5OS. The van der Waals surface area contributed by atoms with Gasteiger partial charge in [-0.05, 0) is 36.2 Å². The molecule has 0 bridgehead atoms. The zero-order chi connectivity index (χ0) is 18.4. The van der Waals surface area contributed by atoms with E-state index < -0.39 is 0 Å². The van der Waals surface area contributed by atoms with E-state index in [1.54, 1.807) is 23.8 Å². The molecule has 1 amide bonds. The topological polar surface area (TPSA) is 79.8 Å². The van der Waals surface area contributed by atoms with Crippen molar-refractivity contribution in [1.29, 1.82) is 0 Å². The van der Waals surface area contributed by atoms with Gasteiger partial charge in [0.15, 0.2) is 0 Å². The Kier molecular flexibility index (Phi) is 6.14. The van der Waals surface area contributed by atoms with E-state index in [9.17, 15) is 4.79 Å². The number of hydrogen-bond donors (Lipinski definition) is 2. The molecule has 6 nitrogen and oxygen atoms in total. The van der Waals surface area contributed by atoms with Crippen molar-refractivity contribution in [3.05, 3.63) is 64.3 Å². The number of pyridine rings is 1. The number of amides is 1. The summed E-state index contributed by atoms with van der Waals surface area (Å²) in [6.45, 7) is 2.90. The lowest BCUT2D eigenvalue weighted by Gasteiger charge is -2.17. The summed E-state index contributed by atoms with van der Waals surface area (Å²) < 4.78 is 0. The number of benzene rings is 1. The molecule has 3 rings (SSSR count). The fraction of sp³-hybridized carbons (Fsp3) is 0.222. The van der Waals surface area contributed by atoms with Crippen LogP contribution >= 0.6 is 22.9 Å². The molecule has 0 aliphatic heterocycles. The maximum Gasteiger partial charge on any atom is 0.259 e. The lowest BCUT2D eigenvalue weighted by atomic mass is 9.96. The number of halogens is 1. The van der Waals surface area contributed by atoms with Gasteiger partial charge in [-0.3, -0.25) is 10.1 Å². The molecule has 1 aromatic carbocycles. The van der Waals surface area contributed by atoms with Gasteiger partial charge >= 0.3 is 0 Å². The normalized spacial score (nSPS) is 11.8. The summed E-state index contributed by atoms with van der Waals surface area (Å²) in [4.78, 5) is 16.4. The van der Waals surface area contributed by atoms with Crippen molar-refractivity contribution >= 4 is 39.8 Å². The van der Waals surface area contributed by atoms with Crippen molar-refractivity contribution < 1.29 is 4.79 Å². The first-order valence-electron chi connectivity index (χ1n) is 8.18. The number of carbonyl (C=O) groups excluding carboxylic acids is 1. The predicted molar refractivity (Wildman–Crippen MR) is 105 cm³/mol. The van der Waals surface area contributed by atoms with Gasteiger partial charge < -0.3 is 5.32 Å². The molecule has 1 unspecified atom stereocenters. The fourth-order valence-electron chi connectivity index (χ4n) is 2.49. The van der Waals surface area contributed by atoms with Gasteiger partial charge in [-0.25, -0.2) is 4.98 Å². The van der Waals surface area contributed by atoms with Crippen molar-refractivity contribution in [1.82, 2.24) is 15.2 Å². The molecule has 2 N–H and O–H groups in total. The Balaban J connectivity index is 1.58. The van der Waals surface area contributed by atoms with Gasteiger partial charge in [0.25, 0.3) is 5.91 Å². The molecule has 0 spiro atoms. The number of aromatic nitrogens is 3. The van der Waals surface area contributed by atoms with E-state index in [2.05, 4.69) is 32.7 Å². The van der Waals surface area contributed by atoms with Crippen molar-refractivity contribution in [2.45, 2.75) is 19.3 Å². The number of hydrogen-bond acceptors (Lipinski definition) is 6. The Morgan fingerprint density at radius 2 is 2.04 bits per heavy atom. The van der Waals surface area contributed by atoms with Gasteiger partial charge in [-0.15, -0.1) is 10.2 Å². The quantitative estimate of drug-likeness (QED) is 0.626. The van der Waals surface area contributed by atoms with E-state index in [1.807, 2.05) is 24.3 Å². The third-order valence-electron chi connectivity index (χ3n) is 3.97. The van der Waals surface area contributed by atoms with Crippen LogP contribution in [0.5, 0.6) is 0 Å². The minimum atomic E-state index is -0.256. The molecule has 0 radical (unpaired) electrons. The van der Waals surface area contributed by atoms with Gasteiger partial charge in [-0.2, -0.15) is 0 Å². The molecule has 2 heterocycles. The van der Waals surface area contributed by atoms with Crippen LogP contribution in [0.25, 0.3) is 0 Å². The van der Waals surface area contributed by atoms with Crippen molar-refractivity contribution in [3.8, 4) is 0 Å². The number of carbonyl (C=O) groups is 1. The van der Waals surface area contributed by atoms with E-state index in [1.165, 1.54) is 16.9 Å². The van der Waals surface area contributed by atoms with Crippen LogP contribution < -0.4 is 10.6 Å². The van der Waals surface area contributed by atoms with E-state index in [4.69, 9.17) is 11.6 Å². The molecule has 0 aliphatic carbocycles. The Labute approximate surface area is 160 Å². The molecule has 0 aliphatic rings. The van der Waals surface area contributed by atoms with E-state index in [0.29, 0.717) is 16.6 Å². The molecule has 134 valence electrons. The van der Waals surface area contributed by atoms with E-state index in [0.717, 1.165) is 23.8 Å². The zero-order valence-electron chi connectivity index (χ0n) is 14.1. The highest BCUT2D eigenvalue weighted by Crippen LogP contribution is 2.22. The molecular weight excluding hydrogens is 370 g/mol. The molecule has 0 saturated carbocycles. The second kappa shape index (κ2) is 8.73. The fourth-order valence-corrected chi connectivity index (χ4v) is 3.06. The lowest BCUT2D eigenvalue weighted by molar-refractivity contribution is 0.102. The van der Waals surface area contributed by atoms with E-state index in [-0.39, 0.29) is 5.91 Å². The molecule has 0 fully saturated rings. The van der Waals surface area contributed by atoms with Crippen LogP contribution in [0.3, 0.4) is 0 Å². The maximum absolute atomic E-state index is 12.1. The summed E-state index contributed by atoms with van der Waals surface area (Å²) in [5.74, 6) is 0.827. The second-order valence-electron chi connectivity index (χ2n) is 5.67. The Hall–Kier alpha value is -2.51. The predicted octanol–water partition coefficient (Wildman–Crippen LogP) is 4.44. The minimum Gasteiger partial charge on any atom is -0.369 e. The second-order valence-corrected chi connectivity index (χ2v) is 6.94. The van der Waals surface area contributed by atoms with Gasteiger partial charge in [-0.1, -0.05) is 42.0 Å². The van der Waals surface area contributed by atoms with Crippen LogP contribution in [0.1, 0.15) is 35.2 Å². The highest BCUT2D eigenvalue weighted by molar-refractivity contribution is 7.13. The third kappa shape index (κ3) is 4.77. The highest BCUT2D eigenvalue weighted by Gasteiger charge is 2.11. The highest BCUT2D eigenvalue weighted by atomic mass is 35.5. The van der Waals surface area contributed by atoms with Crippen LogP contribution in [0.4, 0.5) is 10.9 Å². The smallest absolute Gasteiger partial charge is 0.259 e. The first-order chi connectivity index (χ1) is 12.7. The number of nitrogens with zero attached hydrogens (tertiary/aromatic N) is 3. The van der Waals surface area contributed by atoms with Crippen LogP contribution in [-0.4, -0.2) is 27.6 Å². The average molecular weight is 388 g/mol. The van der Waals surface area contributed by atoms with E-state index >= 15 is 0 Å². The van der Waals surface area contributed by atoms with Crippen molar-refractivity contribution in [2.24, 2.45) is 0 Å². The van der Waals surface area contributed by atoms with Gasteiger partial charge in [0.1, 0.15) is 11.3 Å². The monoisotopic (exact) mass is 387 g/mol. The molecule has 1 atom stereocenters. The summed E-state index contributed by atoms with van der Waals surface area (Å²) in [7, 11) is 0. The molecule has 26 heavy (non-hydrogen) atoms. The van der Waals surface area contributed by atoms with Gasteiger partial charge in [0, 0.05) is 23.7 Å². The number of rotatable bonds is 7. The van der Waals surface area contributed by atoms with Crippen molar-refractivity contribution in [2.75, 3.05) is 17.2 Å². The van der Waals surface area contributed by atoms with Crippen LogP contribution in [0.2, 0.25) is 5.02 Å². The van der Waals surface area contributed by atoms with Crippen LogP contribution in [-0.2, 0) is 0 Å². The summed E-state index contributed by atoms with van der Waals surface area (Å²) in [5, 5.41) is 14.7. The standard InChI is InChI=1S/C18H18ClN5OS/c1-2-12(13-3-6-15(19)7-4-13)9-20-16-8-5-14(10-21-16)17(25)23-18-24-22-11-26-18/h3-8,10-12H,2,9H2,1H3,(H,20,21)(H,23,24,25). The maximum atomic E-state index is 12.1. The minimum absolute atomic E-state index is 0.256. The molecule has 0 saturated heterocycles. The SMILES string of the molecule is CCC(CNc1ccc(C(=O)Nc2nncs2)cn1)c1ccc(Cl)cc1. The summed E-state index contributed by atoms with van der Waals surface area (Å²) >= 11 is 7.22. The first-order valence-corrected chi connectivity index (χ1v) is 9.44. The van der Waals surface area contributed by atoms with Gasteiger partial charge in [0.2, 0.25) is 5.13 Å². The summed E-state index contributed by atoms with van der Waals surface area (Å²) in [6, 6.07) is 11.4. The third-order valence-corrected chi connectivity index (χ3v) is 4.83. The zero-order valence-corrected chi connectivity index (χ0v) is 15.7. The van der Waals surface area contributed by atoms with Gasteiger partial charge in [0.05, 0.1) is 5.56 Å². The first kappa shape index (κ1) is 18.3. The largest absolute Gasteiger partial charge is 0.369 e. The van der Waals surface area contributed by atoms with Crippen LogP contribution in [0, 0.1) is 0 Å². The van der Waals surface area contributed by atoms with Crippen LogP contribution in [0.15, 0.2) is 48.1 Å². The number of nitrogens with one attached hydrogen (secondary N) is 2. The Morgan fingerprint density at radius 1 is 1.23 bits per heavy atom. The number of anilines is 2. The van der Waals surface area contributed by atoms with Crippen molar-refractivity contribution in [3.63, 3.8) is 0 Å². The Bertz CT molecular complexity index is 837. The molecule has 2 aromatic heterocycles. The molecule has 8 heteroatoms.